The highest BCUT2D eigenvalue weighted by Crippen LogP contribution is 2.44. The molecule has 3 aliphatic rings. The Morgan fingerprint density at radius 2 is 1.74 bits per heavy atom. The van der Waals surface area contributed by atoms with Crippen molar-refractivity contribution in [3.63, 3.8) is 0 Å². The summed E-state index contributed by atoms with van der Waals surface area (Å²) >= 11 is 0. The van der Waals surface area contributed by atoms with Gasteiger partial charge in [-0.1, -0.05) is 18.2 Å². The Hall–Kier alpha value is -3.29. The quantitative estimate of drug-likeness (QED) is 0.560. The Labute approximate surface area is 203 Å². The first kappa shape index (κ1) is 22.5. The predicted molar refractivity (Wildman–Crippen MR) is 132 cm³/mol. The van der Waals surface area contributed by atoms with E-state index in [2.05, 4.69) is 27.5 Å². The van der Waals surface area contributed by atoms with Gasteiger partial charge in [0, 0.05) is 46.3 Å². The minimum atomic E-state index is -0.392. The Bertz CT molecular complexity index is 1340. The summed E-state index contributed by atoms with van der Waals surface area (Å²) < 4.78 is 13.7. The van der Waals surface area contributed by atoms with E-state index in [-0.39, 0.29) is 18.3 Å². The van der Waals surface area contributed by atoms with Gasteiger partial charge >= 0.3 is 0 Å². The van der Waals surface area contributed by atoms with Gasteiger partial charge in [0.15, 0.2) is 0 Å². The summed E-state index contributed by atoms with van der Waals surface area (Å²) in [4.78, 5) is 26.2. The second-order valence-corrected chi connectivity index (χ2v) is 8.70. The summed E-state index contributed by atoms with van der Waals surface area (Å²) in [5.41, 5.74) is 4.21. The van der Waals surface area contributed by atoms with Gasteiger partial charge in [-0.3, -0.25) is 14.9 Å². The van der Waals surface area contributed by atoms with Gasteiger partial charge in [0.2, 0.25) is 0 Å². The van der Waals surface area contributed by atoms with E-state index in [1.807, 2.05) is 30.3 Å². The van der Waals surface area contributed by atoms with E-state index in [1.165, 1.54) is 0 Å². The van der Waals surface area contributed by atoms with E-state index in [9.17, 15) is 9.59 Å². The van der Waals surface area contributed by atoms with Crippen LogP contribution in [-0.4, -0.2) is 43.2 Å². The van der Waals surface area contributed by atoms with Crippen molar-refractivity contribution >= 4 is 46.3 Å². The minimum absolute atomic E-state index is 0. The number of piperidine rings is 1. The Morgan fingerprint density at radius 3 is 2.50 bits per heavy atom. The van der Waals surface area contributed by atoms with Crippen molar-refractivity contribution in [3.05, 3.63) is 59.3 Å². The maximum Gasteiger partial charge on any atom is 0.259 e. The fourth-order valence-corrected chi connectivity index (χ4v) is 5.41. The van der Waals surface area contributed by atoms with Crippen LogP contribution in [0.5, 0.6) is 11.5 Å². The zero-order valence-corrected chi connectivity index (χ0v) is 19.7. The van der Waals surface area contributed by atoms with E-state index >= 15 is 0 Å². The summed E-state index contributed by atoms with van der Waals surface area (Å²) in [7, 11) is 1.62. The number of carbonyl (C=O) groups is 2. The highest BCUT2D eigenvalue weighted by atomic mass is 35.5. The number of methoxy groups -OCH3 is 1. The predicted octanol–water partition coefficient (Wildman–Crippen LogP) is 3.50. The molecule has 176 valence electrons. The molecule has 2 aromatic carbocycles. The molecule has 3 aliphatic heterocycles. The van der Waals surface area contributed by atoms with Gasteiger partial charge < -0.3 is 19.4 Å². The number of ether oxygens (including phenoxy) is 2. The second kappa shape index (κ2) is 8.81. The van der Waals surface area contributed by atoms with Crippen LogP contribution in [-0.2, 0) is 16.0 Å². The highest BCUT2D eigenvalue weighted by molar-refractivity contribution is 6.50. The number of aromatic nitrogens is 1. The van der Waals surface area contributed by atoms with Crippen molar-refractivity contribution in [1.82, 2.24) is 15.2 Å². The fraction of sp³-hybridized carbons (Fsp3) is 0.308. The number of nitrogens with zero attached hydrogens (tertiary/aromatic N) is 1. The third-order valence-electron chi connectivity index (χ3n) is 6.95. The number of fused-ring (bicyclic) bond motifs is 2. The van der Waals surface area contributed by atoms with Gasteiger partial charge in [-0.15, -0.1) is 12.4 Å². The normalized spacial score (nSPS) is 18.0. The molecule has 2 N–H and O–H groups in total. The van der Waals surface area contributed by atoms with Crippen LogP contribution in [0.25, 0.3) is 22.0 Å². The maximum atomic E-state index is 13.1. The first-order valence-corrected chi connectivity index (χ1v) is 11.4. The fourth-order valence-electron chi connectivity index (χ4n) is 5.41. The van der Waals surface area contributed by atoms with Gasteiger partial charge in [-0.25, -0.2) is 0 Å². The molecule has 1 aromatic heterocycles. The van der Waals surface area contributed by atoms with Crippen molar-refractivity contribution in [2.24, 2.45) is 0 Å². The number of hydrogen-bond acceptors (Lipinski definition) is 5. The molecule has 1 saturated heterocycles. The van der Waals surface area contributed by atoms with Crippen LogP contribution in [0.15, 0.2) is 42.6 Å². The number of rotatable bonds is 4. The monoisotopic (exact) mass is 479 g/mol. The van der Waals surface area contributed by atoms with Crippen LogP contribution in [0, 0.1) is 0 Å². The summed E-state index contributed by atoms with van der Waals surface area (Å²) in [6, 6.07) is 12.1. The lowest BCUT2D eigenvalue weighted by atomic mass is 9.93. The third-order valence-corrected chi connectivity index (χ3v) is 6.95. The number of hydrogen-bond donors (Lipinski definition) is 2. The Kier molecular flexibility index (Phi) is 5.83. The first-order valence-electron chi connectivity index (χ1n) is 11.4. The van der Waals surface area contributed by atoms with Gasteiger partial charge in [0.05, 0.1) is 24.9 Å². The molecule has 0 aliphatic carbocycles. The number of halogens is 1. The van der Waals surface area contributed by atoms with Crippen molar-refractivity contribution in [1.29, 1.82) is 0 Å². The molecule has 0 bridgehead atoms. The molecule has 3 aromatic rings. The van der Waals surface area contributed by atoms with Gasteiger partial charge in [-0.2, -0.15) is 0 Å². The molecule has 7 nitrogen and oxygen atoms in total. The molecule has 0 radical (unpaired) electrons. The van der Waals surface area contributed by atoms with Crippen molar-refractivity contribution in [2.45, 2.75) is 25.3 Å². The maximum absolute atomic E-state index is 13.1. The van der Waals surface area contributed by atoms with E-state index in [1.54, 1.807) is 7.11 Å². The second-order valence-electron chi connectivity index (χ2n) is 8.70. The standard InChI is InChI=1S/C26H25N3O4.ClH/c1-32-21-7-6-18(24-17(21)10-13-33-24)22-23(26(31)28-25(22)30)19-14-29(15-8-11-27-12-9-15)20-5-3-2-4-16(19)20;/h2-7,14-15,27H,8-13H2,1H3,(H,28,30,31);1H. The van der Waals surface area contributed by atoms with Crippen molar-refractivity contribution < 1.29 is 19.1 Å². The molecule has 34 heavy (non-hydrogen) atoms. The summed E-state index contributed by atoms with van der Waals surface area (Å²) in [6.45, 7) is 2.46. The molecule has 0 saturated carbocycles. The first-order chi connectivity index (χ1) is 16.2. The molecule has 0 unspecified atom stereocenters. The lowest BCUT2D eigenvalue weighted by Gasteiger charge is -2.25. The van der Waals surface area contributed by atoms with Crippen LogP contribution in [0.3, 0.4) is 0 Å². The van der Waals surface area contributed by atoms with Crippen LogP contribution in [0.1, 0.15) is 35.6 Å². The van der Waals surface area contributed by atoms with Gasteiger partial charge in [0.25, 0.3) is 11.8 Å². The summed E-state index contributed by atoms with van der Waals surface area (Å²) in [5, 5.41) is 6.91. The molecule has 0 atom stereocenters. The van der Waals surface area contributed by atoms with Crippen molar-refractivity contribution in [2.75, 3.05) is 26.8 Å². The number of benzene rings is 2. The smallest absolute Gasteiger partial charge is 0.259 e. The zero-order chi connectivity index (χ0) is 22.5. The lowest BCUT2D eigenvalue weighted by molar-refractivity contribution is -0.122. The minimum Gasteiger partial charge on any atom is -0.496 e. The molecule has 8 heteroatoms. The highest BCUT2D eigenvalue weighted by Gasteiger charge is 2.37. The van der Waals surface area contributed by atoms with Crippen LogP contribution < -0.4 is 20.1 Å². The van der Waals surface area contributed by atoms with Crippen LogP contribution >= 0.6 is 12.4 Å². The molecule has 0 spiro atoms. The summed E-state index contributed by atoms with van der Waals surface area (Å²) in [5.74, 6) is 0.608. The van der Waals surface area contributed by atoms with Crippen molar-refractivity contribution in [3.8, 4) is 11.5 Å². The summed E-state index contributed by atoms with van der Waals surface area (Å²) in [6.07, 6.45) is 4.81. The Morgan fingerprint density at radius 1 is 1.00 bits per heavy atom. The molecular weight excluding hydrogens is 454 g/mol. The number of amides is 2. The topological polar surface area (TPSA) is 81.6 Å². The van der Waals surface area contributed by atoms with Gasteiger partial charge in [-0.05, 0) is 44.1 Å². The number of imide groups is 1. The third kappa shape index (κ3) is 3.38. The van der Waals surface area contributed by atoms with E-state index in [4.69, 9.17) is 9.47 Å². The van der Waals surface area contributed by atoms with E-state index in [0.29, 0.717) is 41.5 Å². The van der Waals surface area contributed by atoms with E-state index < -0.39 is 5.91 Å². The Balaban J connectivity index is 0.00000241. The molecule has 4 heterocycles. The molecular formula is C26H26ClN3O4. The number of nitrogens with one attached hydrogen (secondary N) is 2. The lowest BCUT2D eigenvalue weighted by Crippen LogP contribution is -2.29. The van der Waals surface area contributed by atoms with Crippen LogP contribution in [0.4, 0.5) is 0 Å². The van der Waals surface area contributed by atoms with Gasteiger partial charge in [0.1, 0.15) is 11.5 Å². The average Bonchev–Trinajstić information content (AvgIpc) is 3.55. The largest absolute Gasteiger partial charge is 0.496 e. The SMILES string of the molecule is COc1ccc(C2=C(c3cn(C4CCNCC4)c4ccccc34)C(=O)NC2=O)c2c1CCO2.Cl. The average molecular weight is 480 g/mol. The van der Waals surface area contributed by atoms with Crippen LogP contribution in [0.2, 0.25) is 0 Å². The molecule has 2 amide bonds. The zero-order valence-electron chi connectivity index (χ0n) is 18.8. The van der Waals surface area contributed by atoms with E-state index in [0.717, 1.165) is 53.7 Å². The number of carbonyl (C=O) groups excluding carboxylic acids is 2. The molecule has 6 rings (SSSR count). The molecule has 1 fully saturated rings. The number of para-hydroxylation sites is 1.